The van der Waals surface area contributed by atoms with E-state index in [0.717, 1.165) is 0 Å². The number of ether oxygens (including phenoxy) is 14. The molecule has 784 valence electrons. The van der Waals surface area contributed by atoms with E-state index in [-0.39, 0.29) is 0 Å². The smallest absolute Gasteiger partial charge is 0.238 e. The molecule has 0 amide bonds. The maximum Gasteiger partial charge on any atom is 0.238 e. The van der Waals surface area contributed by atoms with Crippen LogP contribution in [0.2, 0.25) is 127 Å². The molecule has 42 nitrogen and oxygen atoms in total. The van der Waals surface area contributed by atoms with Crippen LogP contribution < -0.4 is 0 Å². The average Bonchev–Trinajstić information content (AvgIpc) is 0.855. The molecule has 0 aromatic carbocycles. The lowest BCUT2D eigenvalue weighted by atomic mass is 9.95. The van der Waals surface area contributed by atoms with Gasteiger partial charge >= 0.3 is 0 Å². The standard InChI is InChI=1S/C84H168O42Si7/c1-78(2,3)127(22,23)120-99-36-43-64-50(85)57(92)71(106-43)114-65-44(37-100-121-128(24,25)79(4,5)6)108-73(59(94)52(65)87)116-67-46(39-102-123-130(28,29)81(10,11)12)110-75(61(96)54(67)89)118-69-48(41-104-125-132(32,33)83(16,17)18)112-77(63(98)56(69)91)119-70-49(42-105-126-133(34,35)84(19,20)21)111-76(62(97)55(70)90)117-68-47(40-103-124-131(30,31)82(13,14)15)109-74(60(95)53(68)88)115-66-45(107-72(113-64)58(93)51(66)86)38-101-122-129(26,27)80(7,8)9/h43-77,85-98H,36-42H2,1-35H3. The molecule has 0 radical (unpaired) electrons. The van der Waals surface area contributed by atoms with Crippen molar-refractivity contribution in [2.24, 2.45) is 0 Å². The zero-order valence-electron chi connectivity index (χ0n) is 84.8. The van der Waals surface area contributed by atoms with Crippen molar-refractivity contribution in [1.29, 1.82) is 0 Å². The van der Waals surface area contributed by atoms with Crippen LogP contribution in [0.25, 0.3) is 0 Å². The van der Waals surface area contributed by atoms with Gasteiger partial charge in [0.25, 0.3) is 0 Å². The predicted molar refractivity (Wildman–Crippen MR) is 488 cm³/mol. The minimum Gasteiger partial charge on any atom is -0.387 e. The van der Waals surface area contributed by atoms with Crippen molar-refractivity contribution in [2.45, 2.75) is 487 Å². The van der Waals surface area contributed by atoms with Crippen molar-refractivity contribution < 1.29 is 204 Å². The molecule has 21 saturated heterocycles. The van der Waals surface area contributed by atoms with E-state index in [4.69, 9.17) is 133 Å². The summed E-state index contributed by atoms with van der Waals surface area (Å²) in [6.07, 6.45) is -70.2. The Bertz CT molecular complexity index is 2930. The highest BCUT2D eigenvalue weighted by Gasteiger charge is 2.62. The molecule has 21 aliphatic rings. The third-order valence-corrected chi connectivity index (χ3v) is 58.7. The van der Waals surface area contributed by atoms with E-state index in [9.17, 15) is 71.5 Å². The van der Waals surface area contributed by atoms with Crippen LogP contribution in [0.3, 0.4) is 0 Å². The molecule has 0 aromatic heterocycles. The van der Waals surface area contributed by atoms with E-state index in [1.807, 2.05) is 237 Å². The van der Waals surface area contributed by atoms with Gasteiger partial charge < -0.3 is 138 Å². The van der Waals surface area contributed by atoms with E-state index < -0.39 is 355 Å². The summed E-state index contributed by atoms with van der Waals surface area (Å²) < 4.78 is 135. The number of rotatable bonds is 28. The second kappa shape index (κ2) is 45.0. The Kier molecular flexibility index (Phi) is 40.0. The lowest BCUT2D eigenvalue weighted by molar-refractivity contribution is -0.408. The normalized spacial score (nSPS) is 39.0. The van der Waals surface area contributed by atoms with Crippen LogP contribution in [-0.2, 0) is 133 Å². The van der Waals surface area contributed by atoms with Crippen molar-refractivity contribution in [3.8, 4) is 0 Å². The highest BCUT2D eigenvalue weighted by molar-refractivity contribution is 6.76. The van der Waals surface area contributed by atoms with Gasteiger partial charge in [-0.3, -0.25) is 32.0 Å². The van der Waals surface area contributed by atoms with Crippen molar-refractivity contribution in [3.05, 3.63) is 0 Å². The number of aliphatic hydroxyl groups is 14. The van der Waals surface area contributed by atoms with Gasteiger partial charge in [-0.25, -0.2) is 34.2 Å². The molecule has 35 unspecified atom stereocenters. The predicted octanol–water partition coefficient (Wildman–Crippen LogP) is 5.50. The van der Waals surface area contributed by atoms with Crippen LogP contribution >= 0.6 is 0 Å². The first-order chi connectivity index (χ1) is 60.4. The second-order valence-electron chi connectivity index (χ2n) is 47.3. The molecule has 14 N–H and O–H groups in total. The van der Waals surface area contributed by atoms with E-state index in [0.29, 0.717) is 0 Å². The van der Waals surface area contributed by atoms with Gasteiger partial charge in [-0.05, 0) is 127 Å². The number of aliphatic hydroxyl groups excluding tert-OH is 14. The molecule has 49 heteroatoms. The van der Waals surface area contributed by atoms with Gasteiger partial charge in [-0.1, -0.05) is 145 Å². The molecule has 0 aromatic rings. The van der Waals surface area contributed by atoms with Crippen LogP contribution in [0, 0.1) is 0 Å². The highest BCUT2D eigenvalue weighted by Crippen LogP contribution is 2.47. The molecule has 21 heterocycles. The van der Waals surface area contributed by atoms with Crippen molar-refractivity contribution >= 4 is 58.2 Å². The zero-order chi connectivity index (χ0) is 101. The summed E-state index contributed by atoms with van der Waals surface area (Å²) in [7, 11) is -19.9. The lowest BCUT2D eigenvalue weighted by Crippen LogP contribution is -2.68. The van der Waals surface area contributed by atoms with Gasteiger partial charge in [0.15, 0.2) is 44.0 Å². The van der Waals surface area contributed by atoms with Gasteiger partial charge in [0, 0.05) is 0 Å². The molecule has 14 bridgehead atoms. The fraction of sp³-hybridized carbons (Fsp3) is 1.00. The van der Waals surface area contributed by atoms with Crippen LogP contribution in [0.1, 0.15) is 145 Å². The van der Waals surface area contributed by atoms with Crippen LogP contribution in [0.15, 0.2) is 0 Å². The van der Waals surface area contributed by atoms with Crippen LogP contribution in [0.4, 0.5) is 0 Å². The number of hydrogen-bond donors (Lipinski definition) is 14. The van der Waals surface area contributed by atoms with E-state index >= 15 is 0 Å². The van der Waals surface area contributed by atoms with E-state index in [1.54, 1.807) is 0 Å². The largest absolute Gasteiger partial charge is 0.387 e. The summed E-state index contributed by atoms with van der Waals surface area (Å²) in [4.78, 5) is 42.1. The van der Waals surface area contributed by atoms with Gasteiger partial charge in [0.1, 0.15) is 217 Å². The average molecular weight is 2050 g/mol. The van der Waals surface area contributed by atoms with Gasteiger partial charge in [0.05, 0.1) is 0 Å². The van der Waals surface area contributed by atoms with Crippen molar-refractivity contribution in [2.75, 3.05) is 46.2 Å². The second-order valence-corrected chi connectivity index (χ2v) is 80.1. The SMILES string of the molecule is CC(C)(C)[Si](C)(C)OOCC1OC2OC3C(COO[Si](C)(C)C(C)(C)C)OC(OC4C(COO[Si](C)(C)C(C)(C)C)OC(OC5C(COO[Si](C)(C)C(C)(C)C)OC(OC6C(COO[Si](C)(C)C(C)(C)C)OC(OC7C(COO[Si](C)(C)C(C)(C)C)OC(OC8C(COO[Si](C)(C)C(C)(C)C)OC(OC1C(O)C2O)C(O)C8O)C(O)C7O)C(O)C6O)C(O)C5O)C(O)C4O)C(O)C3O. The Balaban J connectivity index is 1.30. The first-order valence-electron chi connectivity index (χ1n) is 46.3. The fourth-order valence-corrected chi connectivity index (χ4v) is 17.2. The van der Waals surface area contributed by atoms with Crippen molar-refractivity contribution in [1.82, 2.24) is 0 Å². The quantitative estimate of drug-likeness (QED) is 0.0261. The molecule has 35 atom stereocenters. The molecule has 0 aliphatic carbocycles. The summed E-state index contributed by atoms with van der Waals surface area (Å²) in [5, 5.41) is 174. The summed E-state index contributed by atoms with van der Waals surface area (Å²) >= 11 is 0. The van der Waals surface area contributed by atoms with Gasteiger partial charge in [-0.15, -0.1) is 0 Å². The Morgan fingerprint density at radius 2 is 0.248 bits per heavy atom. The summed E-state index contributed by atoms with van der Waals surface area (Å²) in [5.41, 5.74) is 0. The maximum absolute atomic E-state index is 12.7. The first-order valence-corrected chi connectivity index (χ1v) is 66.6. The molecular weight excluding hydrogens is 1880 g/mol. The third kappa shape index (κ3) is 28.4. The Hall–Kier alpha value is -0.162. The molecule has 0 spiro atoms. The van der Waals surface area contributed by atoms with E-state index in [2.05, 4.69) is 0 Å². The minimum atomic E-state index is -2.85. The Morgan fingerprint density at radius 3 is 0.331 bits per heavy atom. The molecule has 21 aliphatic heterocycles. The fourth-order valence-electron chi connectivity index (χ4n) is 12.9. The summed E-state index contributed by atoms with van der Waals surface area (Å²) in [6, 6.07) is 0. The topological polar surface area (TPSA) is 542 Å². The molecule has 0 saturated carbocycles. The molecule has 133 heavy (non-hydrogen) atoms. The van der Waals surface area contributed by atoms with Crippen LogP contribution in [0.5, 0.6) is 0 Å². The highest BCUT2D eigenvalue weighted by atomic mass is 28.4. The minimum absolute atomic E-state index is 0.466. The maximum atomic E-state index is 12.7. The third-order valence-electron chi connectivity index (χ3n) is 29.7. The molecule has 21 fully saturated rings. The number of hydrogen-bond acceptors (Lipinski definition) is 42. The Morgan fingerprint density at radius 1 is 0.158 bits per heavy atom. The lowest BCUT2D eigenvalue weighted by Gasteiger charge is -2.50. The molecule has 21 rings (SSSR count). The van der Waals surface area contributed by atoms with E-state index in [1.165, 1.54) is 0 Å². The summed E-state index contributed by atoms with van der Waals surface area (Å²) in [5.74, 6) is 0. The van der Waals surface area contributed by atoms with Crippen LogP contribution in [-0.4, -0.2) is 391 Å². The van der Waals surface area contributed by atoms with Crippen molar-refractivity contribution in [3.63, 3.8) is 0 Å². The monoisotopic (exact) mass is 2040 g/mol. The molecular formula is C84H168O42Si7. The zero-order valence-corrected chi connectivity index (χ0v) is 91.8. The van der Waals surface area contributed by atoms with Gasteiger partial charge in [-0.2, -0.15) is 0 Å². The summed E-state index contributed by atoms with van der Waals surface area (Å²) in [6.45, 7) is 62.5. The first kappa shape index (κ1) is 118. The Labute approximate surface area is 791 Å². The van der Waals surface area contributed by atoms with Gasteiger partial charge in [0.2, 0.25) is 58.2 Å².